The highest BCUT2D eigenvalue weighted by molar-refractivity contribution is 5.96. The summed E-state index contributed by atoms with van der Waals surface area (Å²) in [7, 11) is 1.59. The van der Waals surface area contributed by atoms with Crippen LogP contribution in [0, 0.1) is 6.92 Å². The average molecular weight is 313 g/mol. The van der Waals surface area contributed by atoms with Gasteiger partial charge in [-0.2, -0.15) is 0 Å². The predicted molar refractivity (Wildman–Crippen MR) is 87.5 cm³/mol. The zero-order chi connectivity index (χ0) is 16.2. The highest BCUT2D eigenvalue weighted by atomic mass is 16.5. The van der Waals surface area contributed by atoms with Gasteiger partial charge in [-0.25, -0.2) is 0 Å². The number of benzene rings is 2. The number of nitrogens with zero attached hydrogens (tertiary/aromatic N) is 1. The molecule has 5 heteroatoms. The molecular formula is C18H19NO4. The summed E-state index contributed by atoms with van der Waals surface area (Å²) in [5.74, 6) is 1.94. The lowest BCUT2D eigenvalue weighted by Crippen LogP contribution is -2.40. The Morgan fingerprint density at radius 3 is 2.87 bits per heavy atom. The Bertz CT molecular complexity index is 714. The van der Waals surface area contributed by atoms with Gasteiger partial charge in [0, 0.05) is 6.07 Å². The minimum atomic E-state index is -0.0945. The molecule has 0 bridgehead atoms. The first-order valence-corrected chi connectivity index (χ1v) is 7.48. The van der Waals surface area contributed by atoms with Gasteiger partial charge in [0.05, 0.1) is 19.3 Å². The molecule has 1 aliphatic heterocycles. The van der Waals surface area contributed by atoms with Crippen LogP contribution >= 0.6 is 0 Å². The summed E-state index contributed by atoms with van der Waals surface area (Å²) in [6.07, 6.45) is 0. The second kappa shape index (κ2) is 6.60. The fourth-order valence-electron chi connectivity index (χ4n) is 2.50. The Hall–Kier alpha value is -2.69. The van der Waals surface area contributed by atoms with Crippen molar-refractivity contribution in [2.45, 2.75) is 6.92 Å². The molecule has 1 heterocycles. The van der Waals surface area contributed by atoms with Crippen LogP contribution in [0.5, 0.6) is 17.2 Å². The molecule has 0 atom stereocenters. The third-order valence-corrected chi connectivity index (χ3v) is 3.68. The molecule has 0 aromatic heterocycles. The van der Waals surface area contributed by atoms with Gasteiger partial charge in [-0.3, -0.25) is 4.79 Å². The van der Waals surface area contributed by atoms with Crippen molar-refractivity contribution in [3.8, 4) is 17.2 Å². The Morgan fingerprint density at radius 2 is 2.04 bits per heavy atom. The molecule has 2 aromatic rings. The second-order valence-electron chi connectivity index (χ2n) is 5.33. The molecule has 1 aliphatic rings. The van der Waals surface area contributed by atoms with E-state index in [1.54, 1.807) is 24.1 Å². The monoisotopic (exact) mass is 313 g/mol. The summed E-state index contributed by atoms with van der Waals surface area (Å²) in [5, 5.41) is 0. The van der Waals surface area contributed by atoms with E-state index in [1.807, 2.05) is 37.3 Å². The molecule has 120 valence electrons. The first-order chi connectivity index (χ1) is 11.2. The van der Waals surface area contributed by atoms with Crippen LogP contribution in [-0.4, -0.2) is 32.8 Å². The predicted octanol–water partition coefficient (Wildman–Crippen LogP) is 2.81. The largest absolute Gasteiger partial charge is 0.497 e. The van der Waals surface area contributed by atoms with Crippen LogP contribution < -0.4 is 19.1 Å². The van der Waals surface area contributed by atoms with E-state index in [4.69, 9.17) is 14.2 Å². The van der Waals surface area contributed by atoms with Crippen molar-refractivity contribution in [1.82, 2.24) is 0 Å². The van der Waals surface area contributed by atoms with Gasteiger partial charge in [0.2, 0.25) is 0 Å². The SMILES string of the molecule is COc1cccc(OCC(=O)N2CCOc3ccc(C)cc32)c1. The fraction of sp³-hybridized carbons (Fsp3) is 0.278. The highest BCUT2D eigenvalue weighted by Crippen LogP contribution is 2.32. The molecule has 2 aromatic carbocycles. The molecule has 0 unspecified atom stereocenters. The number of anilines is 1. The summed E-state index contributed by atoms with van der Waals surface area (Å²) < 4.78 is 16.3. The Labute approximate surface area is 135 Å². The number of methoxy groups -OCH3 is 1. The zero-order valence-corrected chi connectivity index (χ0v) is 13.2. The van der Waals surface area contributed by atoms with E-state index in [0.717, 1.165) is 17.0 Å². The lowest BCUT2D eigenvalue weighted by Gasteiger charge is -2.29. The molecule has 0 spiro atoms. The number of amides is 1. The standard InChI is InChI=1S/C18H19NO4/c1-13-6-7-17-16(10-13)19(8-9-22-17)18(20)12-23-15-5-3-4-14(11-15)21-2/h3-7,10-11H,8-9,12H2,1-2H3. The summed E-state index contributed by atoms with van der Waals surface area (Å²) >= 11 is 0. The molecule has 0 N–H and O–H groups in total. The first kappa shape index (κ1) is 15.2. The summed E-state index contributed by atoms with van der Waals surface area (Å²) in [4.78, 5) is 14.2. The Kier molecular flexibility index (Phi) is 4.37. The molecule has 5 nitrogen and oxygen atoms in total. The van der Waals surface area contributed by atoms with E-state index in [2.05, 4.69) is 0 Å². The summed E-state index contributed by atoms with van der Waals surface area (Å²) in [6.45, 7) is 2.97. The van der Waals surface area contributed by atoms with Gasteiger partial charge in [0.25, 0.3) is 5.91 Å². The minimum Gasteiger partial charge on any atom is -0.497 e. The van der Waals surface area contributed by atoms with Crippen LogP contribution in [-0.2, 0) is 4.79 Å². The van der Waals surface area contributed by atoms with Gasteiger partial charge in [0.15, 0.2) is 6.61 Å². The first-order valence-electron chi connectivity index (χ1n) is 7.48. The van der Waals surface area contributed by atoms with Crippen molar-refractivity contribution in [3.05, 3.63) is 48.0 Å². The van der Waals surface area contributed by atoms with Crippen LogP contribution in [0.3, 0.4) is 0 Å². The lowest BCUT2D eigenvalue weighted by atomic mass is 10.1. The quantitative estimate of drug-likeness (QED) is 0.871. The molecule has 0 radical (unpaired) electrons. The third-order valence-electron chi connectivity index (χ3n) is 3.68. The molecule has 0 saturated carbocycles. The van der Waals surface area contributed by atoms with Crippen LogP contribution in [0.25, 0.3) is 0 Å². The molecule has 1 amide bonds. The van der Waals surface area contributed by atoms with Gasteiger partial charge in [-0.15, -0.1) is 0 Å². The number of aryl methyl sites for hydroxylation is 1. The Balaban J connectivity index is 1.71. The summed E-state index contributed by atoms with van der Waals surface area (Å²) in [5.41, 5.74) is 1.89. The van der Waals surface area contributed by atoms with E-state index < -0.39 is 0 Å². The van der Waals surface area contributed by atoms with Crippen LogP contribution in [0.15, 0.2) is 42.5 Å². The molecular weight excluding hydrogens is 294 g/mol. The van der Waals surface area contributed by atoms with Gasteiger partial charge < -0.3 is 19.1 Å². The van der Waals surface area contributed by atoms with E-state index in [-0.39, 0.29) is 12.5 Å². The maximum absolute atomic E-state index is 12.5. The van der Waals surface area contributed by atoms with Crippen molar-refractivity contribution in [3.63, 3.8) is 0 Å². The highest BCUT2D eigenvalue weighted by Gasteiger charge is 2.24. The summed E-state index contributed by atoms with van der Waals surface area (Å²) in [6, 6.07) is 13.0. The molecule has 0 fully saturated rings. The maximum Gasteiger partial charge on any atom is 0.265 e. The fourth-order valence-corrected chi connectivity index (χ4v) is 2.50. The van der Waals surface area contributed by atoms with Crippen molar-refractivity contribution in [1.29, 1.82) is 0 Å². The van der Waals surface area contributed by atoms with E-state index >= 15 is 0 Å². The molecule has 0 aliphatic carbocycles. The van der Waals surface area contributed by atoms with Crippen molar-refractivity contribution in [2.24, 2.45) is 0 Å². The topological polar surface area (TPSA) is 48.0 Å². The number of hydrogen-bond donors (Lipinski definition) is 0. The van der Waals surface area contributed by atoms with E-state index in [1.165, 1.54) is 0 Å². The zero-order valence-electron chi connectivity index (χ0n) is 13.2. The average Bonchev–Trinajstić information content (AvgIpc) is 2.59. The van der Waals surface area contributed by atoms with Gasteiger partial charge in [-0.05, 0) is 36.8 Å². The Morgan fingerprint density at radius 1 is 1.22 bits per heavy atom. The van der Waals surface area contributed by atoms with E-state index in [0.29, 0.717) is 24.7 Å². The van der Waals surface area contributed by atoms with Crippen LogP contribution in [0.2, 0.25) is 0 Å². The van der Waals surface area contributed by atoms with Crippen molar-refractivity contribution in [2.75, 3.05) is 31.8 Å². The molecule has 23 heavy (non-hydrogen) atoms. The van der Waals surface area contributed by atoms with Crippen LogP contribution in [0.1, 0.15) is 5.56 Å². The number of fused-ring (bicyclic) bond motifs is 1. The number of ether oxygens (including phenoxy) is 3. The third kappa shape index (κ3) is 3.39. The lowest BCUT2D eigenvalue weighted by molar-refractivity contribution is -0.120. The van der Waals surface area contributed by atoms with Crippen molar-refractivity contribution < 1.29 is 19.0 Å². The minimum absolute atomic E-state index is 0.0272. The number of carbonyl (C=O) groups is 1. The molecule has 3 rings (SSSR count). The number of rotatable bonds is 4. The number of hydrogen-bond acceptors (Lipinski definition) is 4. The van der Waals surface area contributed by atoms with Crippen molar-refractivity contribution >= 4 is 11.6 Å². The smallest absolute Gasteiger partial charge is 0.265 e. The molecule has 0 saturated heterocycles. The van der Waals surface area contributed by atoms with Gasteiger partial charge >= 0.3 is 0 Å². The second-order valence-corrected chi connectivity index (χ2v) is 5.33. The normalized spacial score (nSPS) is 13.0. The maximum atomic E-state index is 12.5. The van der Waals surface area contributed by atoms with Gasteiger partial charge in [0.1, 0.15) is 23.9 Å². The van der Waals surface area contributed by atoms with Crippen LogP contribution in [0.4, 0.5) is 5.69 Å². The van der Waals surface area contributed by atoms with E-state index in [9.17, 15) is 4.79 Å². The number of carbonyl (C=O) groups excluding carboxylic acids is 1. The van der Waals surface area contributed by atoms with Gasteiger partial charge in [-0.1, -0.05) is 12.1 Å².